The monoisotopic (exact) mass is 241 g/mol. The van der Waals surface area contributed by atoms with Crippen LogP contribution in [-0.2, 0) is 0 Å². The van der Waals surface area contributed by atoms with Gasteiger partial charge in [0.15, 0.2) is 0 Å². The number of nitrogen functional groups attached to an aromatic ring is 1. The summed E-state index contributed by atoms with van der Waals surface area (Å²) in [5.41, 5.74) is 8.03. The molecule has 6 nitrogen and oxygen atoms in total. The molecule has 3 rings (SSSR count). The Bertz CT molecular complexity index is 707. The van der Waals surface area contributed by atoms with Gasteiger partial charge in [0, 0.05) is 10.9 Å². The molecule has 0 fully saturated rings. The summed E-state index contributed by atoms with van der Waals surface area (Å²) < 4.78 is 5.18. The topological polar surface area (TPSA) is 89.7 Å². The summed E-state index contributed by atoms with van der Waals surface area (Å²) in [5.74, 6) is 0.970. The molecule has 0 amide bonds. The standard InChI is InChI=1S/C12H11N5O/c1-18-8-2-3-9-7(4-8)5-10(15-9)11-6-14-17-12(13)16-11/h2-6,15H,1H3,(H2,13,16,17). The van der Waals surface area contributed by atoms with Gasteiger partial charge in [-0.25, -0.2) is 4.98 Å². The first-order valence-electron chi connectivity index (χ1n) is 5.38. The predicted octanol–water partition coefficient (Wildman–Crippen LogP) is 1.61. The van der Waals surface area contributed by atoms with Crippen LogP contribution in [0.2, 0.25) is 0 Å². The van der Waals surface area contributed by atoms with Crippen molar-refractivity contribution in [2.45, 2.75) is 0 Å². The number of methoxy groups -OCH3 is 1. The number of aromatic amines is 1. The highest BCUT2D eigenvalue weighted by molar-refractivity contribution is 5.86. The second-order valence-corrected chi connectivity index (χ2v) is 3.84. The maximum absolute atomic E-state index is 5.52. The second-order valence-electron chi connectivity index (χ2n) is 3.84. The summed E-state index contributed by atoms with van der Waals surface area (Å²) in [6, 6.07) is 7.78. The third-order valence-corrected chi connectivity index (χ3v) is 2.68. The average molecular weight is 241 g/mol. The Morgan fingerprint density at radius 3 is 2.94 bits per heavy atom. The molecular formula is C12H11N5O. The molecule has 1 aromatic carbocycles. The maximum Gasteiger partial charge on any atom is 0.240 e. The van der Waals surface area contributed by atoms with E-state index in [1.165, 1.54) is 0 Å². The molecule has 0 unspecified atom stereocenters. The second kappa shape index (κ2) is 3.99. The third-order valence-electron chi connectivity index (χ3n) is 2.68. The number of nitrogens with one attached hydrogen (secondary N) is 1. The summed E-state index contributed by atoms with van der Waals surface area (Å²) in [4.78, 5) is 7.37. The first-order valence-corrected chi connectivity index (χ1v) is 5.38. The molecule has 90 valence electrons. The molecule has 18 heavy (non-hydrogen) atoms. The third kappa shape index (κ3) is 1.73. The molecule has 0 atom stereocenters. The van der Waals surface area contributed by atoms with E-state index in [1.54, 1.807) is 13.3 Å². The molecular weight excluding hydrogens is 230 g/mol. The molecule has 0 saturated carbocycles. The van der Waals surface area contributed by atoms with Crippen molar-refractivity contribution >= 4 is 16.9 Å². The Morgan fingerprint density at radius 1 is 1.28 bits per heavy atom. The first-order chi connectivity index (χ1) is 8.76. The smallest absolute Gasteiger partial charge is 0.240 e. The average Bonchev–Trinajstić information content (AvgIpc) is 2.81. The minimum absolute atomic E-state index is 0.156. The van der Waals surface area contributed by atoms with E-state index < -0.39 is 0 Å². The molecule has 0 aliphatic carbocycles. The van der Waals surface area contributed by atoms with Crippen molar-refractivity contribution in [2.75, 3.05) is 12.8 Å². The number of aromatic nitrogens is 4. The van der Waals surface area contributed by atoms with Crippen LogP contribution in [0, 0.1) is 0 Å². The molecule has 0 aliphatic heterocycles. The van der Waals surface area contributed by atoms with Crippen LogP contribution in [0.25, 0.3) is 22.3 Å². The van der Waals surface area contributed by atoms with Crippen molar-refractivity contribution in [2.24, 2.45) is 0 Å². The molecule has 3 N–H and O–H groups in total. The SMILES string of the molecule is COc1ccc2[nH]c(-c3cnnc(N)n3)cc2c1. The van der Waals surface area contributed by atoms with Crippen LogP contribution in [0.3, 0.4) is 0 Å². The molecule has 0 radical (unpaired) electrons. The van der Waals surface area contributed by atoms with Gasteiger partial charge >= 0.3 is 0 Å². The zero-order valence-corrected chi connectivity index (χ0v) is 9.71. The van der Waals surface area contributed by atoms with Gasteiger partial charge in [-0.15, -0.1) is 5.10 Å². The Balaban J connectivity index is 2.13. The molecule has 0 bridgehead atoms. The van der Waals surface area contributed by atoms with E-state index in [9.17, 15) is 0 Å². The molecule has 3 aromatic rings. The van der Waals surface area contributed by atoms with Crippen LogP contribution >= 0.6 is 0 Å². The highest BCUT2D eigenvalue weighted by Gasteiger charge is 2.06. The Morgan fingerprint density at radius 2 is 2.17 bits per heavy atom. The van der Waals surface area contributed by atoms with Gasteiger partial charge in [-0.05, 0) is 24.3 Å². The van der Waals surface area contributed by atoms with Crippen molar-refractivity contribution in [1.82, 2.24) is 20.2 Å². The number of fused-ring (bicyclic) bond motifs is 1. The van der Waals surface area contributed by atoms with Crippen LogP contribution in [0.15, 0.2) is 30.5 Å². The minimum atomic E-state index is 0.156. The van der Waals surface area contributed by atoms with Gasteiger partial charge in [-0.2, -0.15) is 5.10 Å². The molecule has 0 aliphatic rings. The minimum Gasteiger partial charge on any atom is -0.497 e. The van der Waals surface area contributed by atoms with Gasteiger partial charge in [0.25, 0.3) is 0 Å². The van der Waals surface area contributed by atoms with E-state index in [1.807, 2.05) is 24.3 Å². The fraction of sp³-hybridized carbons (Fsp3) is 0.0833. The lowest BCUT2D eigenvalue weighted by Gasteiger charge is -1.97. The highest BCUT2D eigenvalue weighted by Crippen LogP contribution is 2.25. The predicted molar refractivity (Wildman–Crippen MR) is 68.1 cm³/mol. The molecule has 2 aromatic heterocycles. The van der Waals surface area contributed by atoms with Crippen molar-refractivity contribution in [3.8, 4) is 17.1 Å². The normalized spacial score (nSPS) is 10.7. The zero-order valence-electron chi connectivity index (χ0n) is 9.71. The number of H-pyrrole nitrogens is 1. The lowest BCUT2D eigenvalue weighted by atomic mass is 10.2. The first kappa shape index (κ1) is 10.5. The van der Waals surface area contributed by atoms with Crippen LogP contribution in [0.1, 0.15) is 0 Å². The summed E-state index contributed by atoms with van der Waals surface area (Å²) >= 11 is 0. The van der Waals surface area contributed by atoms with Crippen molar-refractivity contribution in [1.29, 1.82) is 0 Å². The van der Waals surface area contributed by atoms with E-state index >= 15 is 0 Å². The van der Waals surface area contributed by atoms with Gasteiger partial charge in [0.1, 0.15) is 11.4 Å². The van der Waals surface area contributed by atoms with Crippen LogP contribution in [0.4, 0.5) is 5.95 Å². The number of rotatable bonds is 2. The summed E-state index contributed by atoms with van der Waals surface area (Å²) in [6.45, 7) is 0. The largest absolute Gasteiger partial charge is 0.497 e. The van der Waals surface area contributed by atoms with E-state index in [-0.39, 0.29) is 5.95 Å². The number of anilines is 1. The number of hydrogen-bond acceptors (Lipinski definition) is 5. The van der Waals surface area contributed by atoms with Crippen LogP contribution in [-0.4, -0.2) is 27.3 Å². The quantitative estimate of drug-likeness (QED) is 0.711. The Kier molecular flexibility index (Phi) is 2.33. The van der Waals surface area contributed by atoms with E-state index in [0.29, 0.717) is 5.69 Å². The number of benzene rings is 1. The van der Waals surface area contributed by atoms with Crippen molar-refractivity contribution in [3.05, 3.63) is 30.5 Å². The molecule has 2 heterocycles. The summed E-state index contributed by atoms with van der Waals surface area (Å²) in [6.07, 6.45) is 1.57. The van der Waals surface area contributed by atoms with Gasteiger partial charge in [-0.1, -0.05) is 0 Å². The summed E-state index contributed by atoms with van der Waals surface area (Å²) in [7, 11) is 1.64. The molecule has 6 heteroatoms. The van der Waals surface area contributed by atoms with Crippen LogP contribution < -0.4 is 10.5 Å². The molecule has 0 saturated heterocycles. The number of nitrogens with two attached hydrogens (primary N) is 1. The fourth-order valence-corrected chi connectivity index (χ4v) is 1.82. The number of hydrogen-bond donors (Lipinski definition) is 2. The van der Waals surface area contributed by atoms with Gasteiger partial charge in [0.05, 0.1) is 19.0 Å². The van der Waals surface area contributed by atoms with Crippen molar-refractivity contribution in [3.63, 3.8) is 0 Å². The highest BCUT2D eigenvalue weighted by atomic mass is 16.5. The number of nitrogens with zero attached hydrogens (tertiary/aromatic N) is 3. The van der Waals surface area contributed by atoms with Gasteiger partial charge in [0.2, 0.25) is 5.95 Å². The zero-order chi connectivity index (χ0) is 12.5. The maximum atomic E-state index is 5.52. The van der Waals surface area contributed by atoms with E-state index in [0.717, 1.165) is 22.3 Å². The van der Waals surface area contributed by atoms with Gasteiger partial charge in [-0.3, -0.25) is 0 Å². The molecule has 0 spiro atoms. The fourth-order valence-electron chi connectivity index (χ4n) is 1.82. The lowest BCUT2D eigenvalue weighted by molar-refractivity contribution is 0.415. The Labute approximate surface area is 103 Å². The van der Waals surface area contributed by atoms with E-state index in [2.05, 4.69) is 20.2 Å². The number of ether oxygens (including phenoxy) is 1. The lowest BCUT2D eigenvalue weighted by Crippen LogP contribution is -1.97. The Hall–Kier alpha value is -2.63. The van der Waals surface area contributed by atoms with Crippen LogP contribution in [0.5, 0.6) is 5.75 Å². The summed E-state index contributed by atoms with van der Waals surface area (Å²) in [5, 5.41) is 8.45. The van der Waals surface area contributed by atoms with Crippen molar-refractivity contribution < 1.29 is 4.74 Å². The van der Waals surface area contributed by atoms with E-state index in [4.69, 9.17) is 10.5 Å². The van der Waals surface area contributed by atoms with Gasteiger partial charge < -0.3 is 15.5 Å².